The van der Waals surface area contributed by atoms with Gasteiger partial charge in [-0.3, -0.25) is 0 Å². The van der Waals surface area contributed by atoms with Gasteiger partial charge in [0, 0.05) is 17.5 Å². The molecule has 3 rings (SSSR count). The van der Waals surface area contributed by atoms with E-state index in [4.69, 9.17) is 0 Å². The third kappa shape index (κ3) is 2.83. The van der Waals surface area contributed by atoms with Crippen molar-refractivity contribution >= 4 is 5.71 Å². The Bertz CT molecular complexity index is 610. The van der Waals surface area contributed by atoms with Crippen molar-refractivity contribution < 1.29 is 10.5 Å². The molecule has 0 spiro atoms. The molecule has 3 N–H and O–H groups in total. The van der Waals surface area contributed by atoms with Crippen molar-refractivity contribution in [3.63, 3.8) is 0 Å². The van der Waals surface area contributed by atoms with Crippen LogP contribution in [0.4, 0.5) is 0 Å². The normalized spacial score (nSPS) is 27.7. The lowest BCUT2D eigenvalue weighted by molar-refractivity contribution is -0.741. The van der Waals surface area contributed by atoms with Crippen LogP contribution in [-0.4, -0.2) is 10.9 Å². The molecule has 2 aromatic carbocycles. The summed E-state index contributed by atoms with van der Waals surface area (Å²) in [6.07, 6.45) is 0.797. The van der Waals surface area contributed by atoms with E-state index in [-0.39, 0.29) is 12.0 Å². The number of nitrogens with two attached hydrogens (primary N) is 1. The van der Waals surface area contributed by atoms with E-state index in [2.05, 4.69) is 65.9 Å². The van der Waals surface area contributed by atoms with E-state index in [0.29, 0.717) is 6.04 Å². The Morgan fingerprint density at radius 1 is 0.952 bits per heavy atom. The van der Waals surface area contributed by atoms with Crippen molar-refractivity contribution in [2.45, 2.75) is 25.4 Å². The summed E-state index contributed by atoms with van der Waals surface area (Å²) in [4.78, 5) is 0. The minimum atomic E-state index is 0.234. The third-order valence-corrected chi connectivity index (χ3v) is 4.47. The zero-order valence-corrected chi connectivity index (χ0v) is 12.2. The van der Waals surface area contributed by atoms with Gasteiger partial charge in [-0.2, -0.15) is 0 Å². The molecule has 1 heterocycles. The van der Waals surface area contributed by atoms with E-state index in [9.17, 15) is 5.21 Å². The second-order valence-electron chi connectivity index (χ2n) is 5.73. The first-order valence-electron chi connectivity index (χ1n) is 7.45. The molecule has 0 bridgehead atoms. The van der Waals surface area contributed by atoms with Gasteiger partial charge in [0.15, 0.2) is 0 Å². The van der Waals surface area contributed by atoms with Gasteiger partial charge >= 0.3 is 0 Å². The van der Waals surface area contributed by atoms with Crippen molar-refractivity contribution in [3.05, 3.63) is 71.8 Å². The molecule has 108 valence electrons. The van der Waals surface area contributed by atoms with Crippen molar-refractivity contribution in [2.75, 3.05) is 0 Å². The lowest BCUT2D eigenvalue weighted by atomic mass is 9.81. The number of hydrogen-bond donors (Lipinski definition) is 2. The Morgan fingerprint density at radius 3 is 2.10 bits per heavy atom. The maximum atomic E-state index is 9.36. The Balaban J connectivity index is 1.93. The molecule has 0 aromatic heterocycles. The molecule has 0 amide bonds. The highest BCUT2D eigenvalue weighted by Crippen LogP contribution is 2.29. The predicted molar refractivity (Wildman–Crippen MR) is 83.3 cm³/mol. The Labute approximate surface area is 125 Å². The van der Waals surface area contributed by atoms with Crippen molar-refractivity contribution in [1.29, 1.82) is 0 Å². The minimum absolute atomic E-state index is 0.234. The molecular weight excluding hydrogens is 260 g/mol. The molecule has 3 nitrogen and oxygen atoms in total. The van der Waals surface area contributed by atoms with Gasteiger partial charge in [0.2, 0.25) is 0 Å². The lowest BCUT2D eigenvalue weighted by Gasteiger charge is -2.33. The summed E-state index contributed by atoms with van der Waals surface area (Å²) in [5.41, 5.74) is 3.46. The number of benzene rings is 2. The highest BCUT2D eigenvalue weighted by molar-refractivity contribution is 5.87. The van der Waals surface area contributed by atoms with E-state index in [1.807, 2.05) is 12.1 Å². The van der Waals surface area contributed by atoms with Crippen LogP contribution >= 0.6 is 0 Å². The van der Waals surface area contributed by atoms with Crippen LogP contribution in [0.2, 0.25) is 0 Å². The zero-order valence-electron chi connectivity index (χ0n) is 12.2. The fourth-order valence-corrected chi connectivity index (χ4v) is 3.24. The molecule has 1 aliphatic heterocycles. The monoisotopic (exact) mass is 281 g/mol. The summed E-state index contributed by atoms with van der Waals surface area (Å²) in [6, 6.07) is 21.5. The highest BCUT2D eigenvalue weighted by atomic mass is 16.4. The first-order chi connectivity index (χ1) is 10.3. The van der Waals surface area contributed by atoms with E-state index in [1.165, 1.54) is 11.1 Å². The maximum absolute atomic E-state index is 9.36. The summed E-state index contributed by atoms with van der Waals surface area (Å²) < 4.78 is 0. The summed E-state index contributed by atoms with van der Waals surface area (Å²) in [6.45, 7) is 2.14. The minimum Gasteiger partial charge on any atom is -0.411 e. The van der Waals surface area contributed by atoms with Gasteiger partial charge in [-0.05, 0) is 0 Å². The molecule has 2 aromatic rings. The number of quaternary nitrogens is 1. The predicted octanol–water partition coefficient (Wildman–Crippen LogP) is 2.90. The molecule has 21 heavy (non-hydrogen) atoms. The van der Waals surface area contributed by atoms with Gasteiger partial charge in [0.1, 0.15) is 12.1 Å². The van der Waals surface area contributed by atoms with Gasteiger partial charge in [-0.15, -0.1) is 0 Å². The molecule has 3 heteroatoms. The standard InChI is InChI=1S/C18H20N2O/c1-13-16(20-21)12-17(14-8-4-2-5-9-14)19-18(13)15-10-6-3-7-11-15/h2-11,13,17-19,21H,12H2,1H3/p+1/b20-16+/t13-,17+,18-/m1/s1. The Morgan fingerprint density at radius 2 is 1.52 bits per heavy atom. The van der Waals surface area contributed by atoms with Gasteiger partial charge in [0.25, 0.3) is 0 Å². The van der Waals surface area contributed by atoms with Crippen LogP contribution in [-0.2, 0) is 0 Å². The highest BCUT2D eigenvalue weighted by Gasteiger charge is 2.37. The fourth-order valence-electron chi connectivity index (χ4n) is 3.24. The number of oxime groups is 1. The van der Waals surface area contributed by atoms with Crippen LogP contribution in [0.3, 0.4) is 0 Å². The summed E-state index contributed by atoms with van der Waals surface area (Å²) in [5.74, 6) is 0.234. The van der Waals surface area contributed by atoms with Crippen molar-refractivity contribution in [3.8, 4) is 0 Å². The zero-order chi connectivity index (χ0) is 14.7. The number of rotatable bonds is 2. The molecule has 0 aliphatic carbocycles. The smallest absolute Gasteiger partial charge is 0.120 e. The Hall–Kier alpha value is -2.13. The lowest BCUT2D eigenvalue weighted by Crippen LogP contribution is -2.90. The molecule has 3 atom stereocenters. The average molecular weight is 281 g/mol. The topological polar surface area (TPSA) is 49.2 Å². The van der Waals surface area contributed by atoms with E-state index in [0.717, 1.165) is 12.1 Å². The molecule has 1 aliphatic rings. The Kier molecular flexibility index (Phi) is 4.02. The van der Waals surface area contributed by atoms with Gasteiger partial charge in [-0.1, -0.05) is 72.7 Å². The van der Waals surface area contributed by atoms with Crippen LogP contribution in [0.1, 0.15) is 36.6 Å². The summed E-state index contributed by atoms with van der Waals surface area (Å²) in [7, 11) is 0. The maximum Gasteiger partial charge on any atom is 0.120 e. The number of piperidine rings is 1. The van der Waals surface area contributed by atoms with E-state index >= 15 is 0 Å². The van der Waals surface area contributed by atoms with E-state index < -0.39 is 0 Å². The third-order valence-electron chi connectivity index (χ3n) is 4.47. The molecule has 1 saturated heterocycles. The van der Waals surface area contributed by atoms with Crippen LogP contribution in [0.5, 0.6) is 0 Å². The summed E-state index contributed by atoms with van der Waals surface area (Å²) >= 11 is 0. The quantitative estimate of drug-likeness (QED) is 0.645. The second kappa shape index (κ2) is 6.10. The first kappa shape index (κ1) is 13.8. The molecular formula is C18H21N2O+. The second-order valence-corrected chi connectivity index (χ2v) is 5.73. The average Bonchev–Trinajstić information content (AvgIpc) is 2.56. The SMILES string of the molecule is C[C@@H]1/C(=N/O)C[C@@H](c2ccccc2)[NH2+][C@H]1c1ccccc1. The van der Waals surface area contributed by atoms with Gasteiger partial charge in [0.05, 0.1) is 11.6 Å². The van der Waals surface area contributed by atoms with Crippen LogP contribution in [0, 0.1) is 5.92 Å². The largest absolute Gasteiger partial charge is 0.411 e. The van der Waals surface area contributed by atoms with Gasteiger partial charge < -0.3 is 10.5 Å². The van der Waals surface area contributed by atoms with Crippen LogP contribution in [0.15, 0.2) is 65.8 Å². The van der Waals surface area contributed by atoms with E-state index in [1.54, 1.807) is 0 Å². The van der Waals surface area contributed by atoms with Crippen LogP contribution in [0.25, 0.3) is 0 Å². The fraction of sp³-hybridized carbons (Fsp3) is 0.278. The summed E-state index contributed by atoms with van der Waals surface area (Å²) in [5, 5.41) is 15.3. The molecule has 1 fully saturated rings. The van der Waals surface area contributed by atoms with Gasteiger partial charge in [-0.25, -0.2) is 0 Å². The first-order valence-corrected chi connectivity index (χ1v) is 7.45. The van der Waals surface area contributed by atoms with Crippen LogP contribution < -0.4 is 5.32 Å². The van der Waals surface area contributed by atoms with Crippen molar-refractivity contribution in [1.82, 2.24) is 0 Å². The number of nitrogens with zero attached hydrogens (tertiary/aromatic N) is 1. The number of hydrogen-bond acceptors (Lipinski definition) is 2. The molecule has 0 unspecified atom stereocenters. The van der Waals surface area contributed by atoms with Crippen molar-refractivity contribution in [2.24, 2.45) is 11.1 Å². The molecule has 0 saturated carbocycles. The molecule has 0 radical (unpaired) electrons.